The Kier molecular flexibility index (Phi) is 4.76. The molecule has 21 heavy (non-hydrogen) atoms. The standard InChI is InChI=1S/C15H26N4OS/c1-5-19(4)14-18-12(16)11(21-14)13(20)17-10-7-6-8-15(2,3)9-10/h10H,5-9,16H2,1-4H3,(H,17,20). The maximum absolute atomic E-state index is 12.4. The average Bonchev–Trinajstić information content (AvgIpc) is 2.79. The normalized spacial score (nSPS) is 21.0. The van der Waals surface area contributed by atoms with Gasteiger partial charge in [-0.25, -0.2) is 4.98 Å². The summed E-state index contributed by atoms with van der Waals surface area (Å²) in [5.74, 6) is 0.256. The minimum Gasteiger partial charge on any atom is -0.382 e. The summed E-state index contributed by atoms with van der Waals surface area (Å²) in [7, 11) is 1.95. The van der Waals surface area contributed by atoms with Gasteiger partial charge in [-0.05, 0) is 31.6 Å². The molecule has 1 unspecified atom stereocenters. The summed E-state index contributed by atoms with van der Waals surface area (Å²) in [6.07, 6.45) is 4.47. The van der Waals surface area contributed by atoms with Crippen molar-refractivity contribution in [1.29, 1.82) is 0 Å². The Morgan fingerprint density at radius 1 is 1.57 bits per heavy atom. The summed E-state index contributed by atoms with van der Waals surface area (Å²) in [5, 5.41) is 3.93. The Balaban J connectivity index is 2.05. The number of nitrogens with one attached hydrogen (secondary N) is 1. The predicted octanol–water partition coefficient (Wildman–Crippen LogP) is 2.88. The SMILES string of the molecule is CCN(C)c1nc(N)c(C(=O)NC2CCCC(C)(C)C2)s1. The van der Waals surface area contributed by atoms with Crippen molar-refractivity contribution >= 4 is 28.2 Å². The highest BCUT2D eigenvalue weighted by Crippen LogP contribution is 2.35. The van der Waals surface area contributed by atoms with Crippen LogP contribution in [-0.4, -0.2) is 30.5 Å². The molecule has 1 aliphatic rings. The van der Waals surface area contributed by atoms with E-state index in [-0.39, 0.29) is 11.9 Å². The molecule has 0 aliphatic heterocycles. The van der Waals surface area contributed by atoms with Crippen LogP contribution in [0.15, 0.2) is 0 Å². The summed E-state index contributed by atoms with van der Waals surface area (Å²) in [6.45, 7) is 7.41. The lowest BCUT2D eigenvalue weighted by Gasteiger charge is -2.35. The van der Waals surface area contributed by atoms with Gasteiger partial charge in [0.05, 0.1) is 0 Å². The van der Waals surface area contributed by atoms with E-state index in [9.17, 15) is 4.79 Å². The van der Waals surface area contributed by atoms with Gasteiger partial charge in [0.1, 0.15) is 10.7 Å². The summed E-state index contributed by atoms with van der Waals surface area (Å²) >= 11 is 1.37. The molecule has 0 radical (unpaired) electrons. The molecular weight excluding hydrogens is 284 g/mol. The number of aromatic nitrogens is 1. The Labute approximate surface area is 130 Å². The van der Waals surface area contributed by atoms with Gasteiger partial charge in [0.25, 0.3) is 5.91 Å². The molecule has 1 aromatic heterocycles. The first kappa shape index (κ1) is 16.1. The second-order valence-corrected chi connectivity index (χ2v) is 7.63. The average molecular weight is 310 g/mol. The summed E-state index contributed by atoms with van der Waals surface area (Å²) < 4.78 is 0. The lowest BCUT2D eigenvalue weighted by atomic mass is 9.75. The minimum atomic E-state index is -0.0801. The third-order valence-corrected chi connectivity index (χ3v) is 5.37. The molecule has 2 rings (SSSR count). The summed E-state index contributed by atoms with van der Waals surface area (Å²) in [6, 6.07) is 0.245. The number of nitrogens with zero attached hydrogens (tertiary/aromatic N) is 2. The lowest BCUT2D eigenvalue weighted by molar-refractivity contribution is 0.0907. The molecular formula is C15H26N4OS. The van der Waals surface area contributed by atoms with E-state index >= 15 is 0 Å². The Morgan fingerprint density at radius 3 is 2.90 bits per heavy atom. The van der Waals surface area contributed by atoms with E-state index in [2.05, 4.69) is 24.1 Å². The van der Waals surface area contributed by atoms with Gasteiger partial charge in [-0.1, -0.05) is 31.6 Å². The van der Waals surface area contributed by atoms with Crippen molar-refractivity contribution in [3.05, 3.63) is 4.88 Å². The lowest BCUT2D eigenvalue weighted by Crippen LogP contribution is -2.40. The number of rotatable bonds is 4. The van der Waals surface area contributed by atoms with Crippen molar-refractivity contribution in [2.75, 3.05) is 24.2 Å². The number of anilines is 2. The van der Waals surface area contributed by atoms with Crippen LogP contribution in [-0.2, 0) is 0 Å². The van der Waals surface area contributed by atoms with Crippen LogP contribution in [0.5, 0.6) is 0 Å². The fourth-order valence-electron chi connectivity index (χ4n) is 2.85. The first-order chi connectivity index (χ1) is 9.82. The van der Waals surface area contributed by atoms with Gasteiger partial charge in [0.2, 0.25) is 0 Å². The molecule has 0 aromatic carbocycles. The highest BCUT2D eigenvalue weighted by Gasteiger charge is 2.29. The molecule has 1 amide bonds. The van der Waals surface area contributed by atoms with Gasteiger partial charge in [-0.15, -0.1) is 0 Å². The predicted molar refractivity (Wildman–Crippen MR) is 89.0 cm³/mol. The van der Waals surface area contributed by atoms with Gasteiger partial charge in [0, 0.05) is 19.6 Å². The largest absolute Gasteiger partial charge is 0.382 e. The van der Waals surface area contributed by atoms with Crippen molar-refractivity contribution < 1.29 is 4.79 Å². The van der Waals surface area contributed by atoms with E-state index < -0.39 is 0 Å². The van der Waals surface area contributed by atoms with Crippen LogP contribution in [0.25, 0.3) is 0 Å². The fourth-order valence-corrected chi connectivity index (χ4v) is 3.77. The zero-order chi connectivity index (χ0) is 15.6. The van der Waals surface area contributed by atoms with Crippen molar-refractivity contribution in [2.24, 2.45) is 5.41 Å². The molecule has 1 atom stereocenters. The Bertz CT molecular complexity index is 512. The van der Waals surface area contributed by atoms with Crippen molar-refractivity contribution in [3.63, 3.8) is 0 Å². The zero-order valence-corrected chi connectivity index (χ0v) is 14.2. The molecule has 0 saturated heterocycles. The van der Waals surface area contributed by atoms with Crippen LogP contribution in [0.4, 0.5) is 10.9 Å². The van der Waals surface area contributed by atoms with Gasteiger partial charge in [0.15, 0.2) is 5.13 Å². The quantitative estimate of drug-likeness (QED) is 0.897. The number of thiazole rings is 1. The number of carbonyl (C=O) groups excluding carboxylic acids is 1. The number of hydrogen-bond acceptors (Lipinski definition) is 5. The smallest absolute Gasteiger partial charge is 0.265 e. The molecule has 6 heteroatoms. The molecule has 3 N–H and O–H groups in total. The second kappa shape index (κ2) is 6.22. The van der Waals surface area contributed by atoms with Crippen LogP contribution >= 0.6 is 11.3 Å². The number of nitrogen functional groups attached to an aromatic ring is 1. The Morgan fingerprint density at radius 2 is 2.29 bits per heavy atom. The summed E-state index contributed by atoms with van der Waals surface area (Å²) in [4.78, 5) is 19.2. The van der Waals surface area contributed by atoms with Crippen LogP contribution in [0, 0.1) is 5.41 Å². The number of carbonyl (C=O) groups is 1. The van der Waals surface area contributed by atoms with Gasteiger partial charge < -0.3 is 16.0 Å². The second-order valence-electron chi connectivity index (χ2n) is 6.66. The third kappa shape index (κ3) is 3.87. The van der Waals surface area contributed by atoms with Crippen LogP contribution in [0.3, 0.4) is 0 Å². The first-order valence-electron chi connectivity index (χ1n) is 7.60. The van der Waals surface area contributed by atoms with E-state index in [1.165, 1.54) is 24.2 Å². The first-order valence-corrected chi connectivity index (χ1v) is 8.42. The summed E-state index contributed by atoms with van der Waals surface area (Å²) in [5.41, 5.74) is 6.21. The molecule has 1 fully saturated rings. The Hall–Kier alpha value is -1.30. The van der Waals surface area contributed by atoms with Gasteiger partial charge in [-0.2, -0.15) is 0 Å². The third-order valence-electron chi connectivity index (χ3n) is 4.19. The van der Waals surface area contributed by atoms with Crippen molar-refractivity contribution in [2.45, 2.75) is 52.5 Å². The molecule has 1 saturated carbocycles. The molecule has 118 valence electrons. The van der Waals surface area contributed by atoms with Crippen LogP contribution in [0.2, 0.25) is 0 Å². The van der Waals surface area contributed by atoms with E-state index in [0.29, 0.717) is 16.1 Å². The monoisotopic (exact) mass is 310 g/mol. The van der Waals surface area contributed by atoms with Crippen molar-refractivity contribution in [1.82, 2.24) is 10.3 Å². The van der Waals surface area contributed by atoms with E-state index in [1.54, 1.807) is 0 Å². The topological polar surface area (TPSA) is 71.2 Å². The number of amides is 1. The van der Waals surface area contributed by atoms with E-state index in [4.69, 9.17) is 5.73 Å². The van der Waals surface area contributed by atoms with Gasteiger partial charge in [-0.3, -0.25) is 4.79 Å². The molecule has 1 aromatic rings. The van der Waals surface area contributed by atoms with E-state index in [1.807, 2.05) is 18.9 Å². The molecule has 1 heterocycles. The van der Waals surface area contributed by atoms with Crippen molar-refractivity contribution in [3.8, 4) is 0 Å². The van der Waals surface area contributed by atoms with Crippen LogP contribution < -0.4 is 16.0 Å². The van der Waals surface area contributed by atoms with Crippen LogP contribution in [0.1, 0.15) is 56.1 Å². The van der Waals surface area contributed by atoms with E-state index in [0.717, 1.165) is 24.5 Å². The molecule has 1 aliphatic carbocycles. The fraction of sp³-hybridized carbons (Fsp3) is 0.733. The highest BCUT2D eigenvalue weighted by molar-refractivity contribution is 7.18. The molecule has 0 spiro atoms. The zero-order valence-electron chi connectivity index (χ0n) is 13.4. The molecule has 5 nitrogen and oxygen atoms in total. The highest BCUT2D eigenvalue weighted by atomic mass is 32.1. The maximum Gasteiger partial charge on any atom is 0.265 e. The van der Waals surface area contributed by atoms with Gasteiger partial charge >= 0.3 is 0 Å². The number of nitrogens with two attached hydrogens (primary N) is 1. The maximum atomic E-state index is 12.4. The minimum absolute atomic E-state index is 0.0801. The number of hydrogen-bond donors (Lipinski definition) is 2. The molecule has 0 bridgehead atoms.